The average molecular weight is 500 g/mol. The molecule has 2 aliphatic rings. The number of nitro groups is 1. The van der Waals surface area contributed by atoms with E-state index >= 15 is 0 Å². The molecule has 9 heteroatoms. The summed E-state index contributed by atoms with van der Waals surface area (Å²) in [5.41, 5.74) is 1.59. The molecule has 2 aliphatic heterocycles. The molecule has 2 aromatic carbocycles. The molecule has 188 valence electrons. The van der Waals surface area contributed by atoms with Crippen LogP contribution in [0.3, 0.4) is 0 Å². The van der Waals surface area contributed by atoms with Gasteiger partial charge in [0.1, 0.15) is 0 Å². The van der Waals surface area contributed by atoms with Crippen LogP contribution in [0.4, 0.5) is 5.69 Å². The average Bonchev–Trinajstić information content (AvgIpc) is 2.88. The molecule has 35 heavy (non-hydrogen) atoms. The van der Waals surface area contributed by atoms with Gasteiger partial charge in [0.15, 0.2) is 0 Å². The maximum atomic E-state index is 13.2. The number of carbonyl (C=O) groups is 1. The summed E-state index contributed by atoms with van der Waals surface area (Å²) in [7, 11) is -3.86. The second-order valence-corrected chi connectivity index (χ2v) is 11.6. The largest absolute Gasteiger partial charge is 0.342 e. The predicted octanol–water partition coefficient (Wildman–Crippen LogP) is 4.18. The van der Waals surface area contributed by atoms with Crippen LogP contribution in [0.5, 0.6) is 0 Å². The summed E-state index contributed by atoms with van der Waals surface area (Å²) in [5.74, 6) is 0.591. The number of carbonyl (C=O) groups excluding carboxylic acids is 1. The molecule has 2 saturated heterocycles. The number of hydrogen-bond acceptors (Lipinski definition) is 5. The molecule has 0 aliphatic carbocycles. The first kappa shape index (κ1) is 25.3. The minimum atomic E-state index is -3.86. The van der Waals surface area contributed by atoms with Crippen LogP contribution in [0.25, 0.3) is 0 Å². The van der Waals surface area contributed by atoms with E-state index in [-0.39, 0.29) is 35.5 Å². The van der Waals surface area contributed by atoms with Crippen LogP contribution in [0.2, 0.25) is 0 Å². The Bertz CT molecular complexity index is 1150. The van der Waals surface area contributed by atoms with Crippen molar-refractivity contribution in [2.75, 3.05) is 26.2 Å². The molecule has 0 bridgehead atoms. The Morgan fingerprint density at radius 1 is 1.00 bits per heavy atom. The smallest absolute Gasteiger partial charge is 0.270 e. The first-order chi connectivity index (χ1) is 16.8. The van der Waals surface area contributed by atoms with Crippen molar-refractivity contribution < 1.29 is 18.1 Å². The normalized spacial score (nSPS) is 18.5. The van der Waals surface area contributed by atoms with Crippen molar-refractivity contribution in [3.63, 3.8) is 0 Å². The minimum absolute atomic E-state index is 0.0333. The maximum Gasteiger partial charge on any atom is 0.270 e. The Morgan fingerprint density at radius 3 is 2.29 bits per heavy atom. The fourth-order valence-corrected chi connectivity index (χ4v) is 6.89. The van der Waals surface area contributed by atoms with Gasteiger partial charge in [0.25, 0.3) is 5.69 Å². The molecular weight excluding hydrogens is 466 g/mol. The zero-order valence-electron chi connectivity index (χ0n) is 20.1. The van der Waals surface area contributed by atoms with Gasteiger partial charge in [-0.05, 0) is 62.5 Å². The quantitative estimate of drug-likeness (QED) is 0.420. The number of nitrogens with zero attached hydrogens (tertiary/aromatic N) is 3. The van der Waals surface area contributed by atoms with Gasteiger partial charge < -0.3 is 4.90 Å². The summed E-state index contributed by atoms with van der Waals surface area (Å²) in [5, 5.41) is 11.1. The van der Waals surface area contributed by atoms with Crippen molar-refractivity contribution in [1.29, 1.82) is 0 Å². The molecule has 0 N–H and O–H groups in total. The van der Waals surface area contributed by atoms with Gasteiger partial charge in [-0.3, -0.25) is 14.9 Å². The van der Waals surface area contributed by atoms with Crippen LogP contribution in [0.15, 0.2) is 53.4 Å². The number of non-ortho nitro benzene ring substituents is 1. The van der Waals surface area contributed by atoms with Crippen molar-refractivity contribution in [3.05, 3.63) is 69.8 Å². The Hall–Kier alpha value is -2.78. The molecule has 0 spiro atoms. The van der Waals surface area contributed by atoms with E-state index in [1.165, 1.54) is 22.0 Å². The van der Waals surface area contributed by atoms with E-state index < -0.39 is 14.9 Å². The molecule has 0 saturated carbocycles. The molecule has 0 aromatic heterocycles. The Balaban J connectivity index is 1.28. The highest BCUT2D eigenvalue weighted by Crippen LogP contribution is 2.30. The molecule has 8 nitrogen and oxygen atoms in total. The highest BCUT2D eigenvalue weighted by Gasteiger charge is 2.35. The molecular formula is C26H33N3O5S. The van der Waals surface area contributed by atoms with E-state index in [1.54, 1.807) is 6.92 Å². The van der Waals surface area contributed by atoms with Gasteiger partial charge in [-0.1, -0.05) is 36.4 Å². The lowest BCUT2D eigenvalue weighted by molar-refractivity contribution is -0.385. The standard InChI is InChI=1S/C26H33N3O5S/c1-20-7-10-24(29(31)32)19-25(20)35(33,34)28-17-13-23(14-18-28)26(30)27-15-11-22(12-16-27)9-8-21-5-3-2-4-6-21/h2-7,10,19,22-23H,8-9,11-18H2,1H3. The molecule has 2 heterocycles. The van der Waals surface area contributed by atoms with E-state index in [0.29, 0.717) is 24.3 Å². The Kier molecular flexibility index (Phi) is 7.86. The van der Waals surface area contributed by atoms with Crippen LogP contribution >= 0.6 is 0 Å². The lowest BCUT2D eigenvalue weighted by Gasteiger charge is -2.37. The number of sulfonamides is 1. The number of amides is 1. The Morgan fingerprint density at radius 2 is 1.66 bits per heavy atom. The van der Waals surface area contributed by atoms with Gasteiger partial charge >= 0.3 is 0 Å². The fourth-order valence-electron chi connectivity index (χ4n) is 5.18. The van der Waals surface area contributed by atoms with Gasteiger partial charge in [0, 0.05) is 44.2 Å². The zero-order valence-corrected chi connectivity index (χ0v) is 21.0. The number of aryl methyl sites for hydroxylation is 2. The first-order valence-corrected chi connectivity index (χ1v) is 13.8. The van der Waals surface area contributed by atoms with Crippen molar-refractivity contribution in [2.24, 2.45) is 11.8 Å². The van der Waals surface area contributed by atoms with Crippen LogP contribution in [0.1, 0.15) is 43.2 Å². The summed E-state index contributed by atoms with van der Waals surface area (Å²) in [6, 6.07) is 14.4. The number of rotatable bonds is 7. The SMILES string of the molecule is Cc1ccc([N+](=O)[O-])cc1S(=O)(=O)N1CCC(C(=O)N2CCC(CCc3ccccc3)CC2)CC1. The van der Waals surface area contributed by atoms with Crippen molar-refractivity contribution in [3.8, 4) is 0 Å². The maximum absolute atomic E-state index is 13.2. The number of piperidine rings is 2. The van der Waals surface area contributed by atoms with E-state index in [4.69, 9.17) is 0 Å². The zero-order chi connectivity index (χ0) is 25.0. The summed E-state index contributed by atoms with van der Waals surface area (Å²) < 4.78 is 27.7. The minimum Gasteiger partial charge on any atom is -0.342 e. The van der Waals surface area contributed by atoms with Crippen LogP contribution in [-0.4, -0.2) is 54.6 Å². The molecule has 0 radical (unpaired) electrons. The van der Waals surface area contributed by atoms with Gasteiger partial charge in [-0.25, -0.2) is 8.42 Å². The third kappa shape index (κ3) is 5.90. The summed E-state index contributed by atoms with van der Waals surface area (Å²) in [4.78, 5) is 25.6. The van der Waals surface area contributed by atoms with Gasteiger partial charge in [0.05, 0.1) is 9.82 Å². The van der Waals surface area contributed by atoms with E-state index in [2.05, 4.69) is 24.3 Å². The van der Waals surface area contributed by atoms with Crippen LogP contribution in [-0.2, 0) is 21.2 Å². The lowest BCUT2D eigenvalue weighted by Crippen LogP contribution is -2.46. The third-order valence-electron chi connectivity index (χ3n) is 7.41. The monoisotopic (exact) mass is 499 g/mol. The molecule has 2 aromatic rings. The Labute approximate surface area is 207 Å². The summed E-state index contributed by atoms with van der Waals surface area (Å²) in [6.45, 7) is 3.66. The highest BCUT2D eigenvalue weighted by molar-refractivity contribution is 7.89. The topological polar surface area (TPSA) is 101 Å². The van der Waals surface area contributed by atoms with Gasteiger partial charge in [-0.15, -0.1) is 0 Å². The number of hydrogen-bond donors (Lipinski definition) is 0. The second-order valence-electron chi connectivity index (χ2n) is 9.68. The predicted molar refractivity (Wildman–Crippen MR) is 133 cm³/mol. The molecule has 2 fully saturated rings. The molecule has 4 rings (SSSR count). The second kappa shape index (κ2) is 10.9. The number of likely N-dealkylation sites (tertiary alicyclic amines) is 1. The van der Waals surface area contributed by atoms with E-state index in [1.807, 2.05) is 11.0 Å². The first-order valence-electron chi connectivity index (χ1n) is 12.3. The van der Waals surface area contributed by atoms with Crippen molar-refractivity contribution in [1.82, 2.24) is 9.21 Å². The van der Waals surface area contributed by atoms with E-state index in [0.717, 1.165) is 44.8 Å². The van der Waals surface area contributed by atoms with Crippen molar-refractivity contribution in [2.45, 2.75) is 50.3 Å². The molecule has 1 amide bonds. The molecule has 0 unspecified atom stereocenters. The third-order valence-corrected chi connectivity index (χ3v) is 9.45. The molecule has 0 atom stereocenters. The van der Waals surface area contributed by atoms with Crippen LogP contribution < -0.4 is 0 Å². The lowest BCUT2D eigenvalue weighted by atomic mass is 9.89. The van der Waals surface area contributed by atoms with Crippen LogP contribution in [0, 0.1) is 28.9 Å². The van der Waals surface area contributed by atoms with Gasteiger partial charge in [0.2, 0.25) is 15.9 Å². The summed E-state index contributed by atoms with van der Waals surface area (Å²) >= 11 is 0. The van der Waals surface area contributed by atoms with Gasteiger partial charge in [-0.2, -0.15) is 4.31 Å². The fraction of sp³-hybridized carbons (Fsp3) is 0.500. The van der Waals surface area contributed by atoms with Crippen molar-refractivity contribution >= 4 is 21.6 Å². The number of benzene rings is 2. The summed E-state index contributed by atoms with van der Waals surface area (Å²) in [6.07, 6.45) is 5.17. The highest BCUT2D eigenvalue weighted by atomic mass is 32.2. The van der Waals surface area contributed by atoms with E-state index in [9.17, 15) is 23.3 Å². The number of nitro benzene ring substituents is 1.